The number of aromatic carboxylic acids is 2. The maximum atomic E-state index is 13.5. The van der Waals surface area contributed by atoms with E-state index in [4.69, 9.17) is 4.74 Å². The zero-order chi connectivity index (χ0) is 27.4. The van der Waals surface area contributed by atoms with Crippen molar-refractivity contribution in [1.29, 1.82) is 0 Å². The molecule has 0 spiro atoms. The summed E-state index contributed by atoms with van der Waals surface area (Å²) in [5.41, 5.74) is 0.321. The highest BCUT2D eigenvalue weighted by Gasteiger charge is 2.27. The second-order valence-electron chi connectivity index (χ2n) is 9.45. The number of aromatic nitrogens is 1. The highest BCUT2D eigenvalue weighted by atomic mass is 32.2. The Morgan fingerprint density at radius 1 is 1.03 bits per heavy atom. The van der Waals surface area contributed by atoms with Crippen LogP contribution in [0, 0.1) is 5.92 Å². The third-order valence-corrected chi connectivity index (χ3v) is 8.62. The molecule has 1 aliphatic rings. The van der Waals surface area contributed by atoms with Crippen LogP contribution in [0.4, 0.5) is 0 Å². The van der Waals surface area contributed by atoms with E-state index in [1.54, 1.807) is 12.1 Å². The first-order valence-corrected chi connectivity index (χ1v) is 14.8. The molecular formula is C27H27NO8S2. The summed E-state index contributed by atoms with van der Waals surface area (Å²) < 4.78 is 29.4. The average molecular weight is 558 g/mol. The minimum absolute atomic E-state index is 0.0360. The summed E-state index contributed by atoms with van der Waals surface area (Å²) in [7, 11) is -3.35. The van der Waals surface area contributed by atoms with Crippen molar-refractivity contribution in [2.24, 2.45) is 5.92 Å². The third kappa shape index (κ3) is 6.84. The van der Waals surface area contributed by atoms with Gasteiger partial charge in [0.15, 0.2) is 9.84 Å². The zero-order valence-electron chi connectivity index (χ0n) is 20.6. The highest BCUT2D eigenvalue weighted by Crippen LogP contribution is 2.36. The molecule has 1 saturated carbocycles. The maximum absolute atomic E-state index is 13.5. The van der Waals surface area contributed by atoms with Crippen LogP contribution in [0.25, 0.3) is 0 Å². The van der Waals surface area contributed by atoms with Crippen molar-refractivity contribution in [3.63, 3.8) is 0 Å². The third-order valence-electron chi connectivity index (χ3n) is 6.62. The number of hydrogen-bond acceptors (Lipinski definition) is 8. The Morgan fingerprint density at radius 2 is 1.63 bits per heavy atom. The Hall–Kier alpha value is -3.57. The summed E-state index contributed by atoms with van der Waals surface area (Å²) in [6, 6.07) is 9.96. The molecule has 3 aromatic rings. The number of carboxylic acids is 2. The number of ketones is 1. The number of carbonyl (C=O) groups excluding carboxylic acids is 1. The topological polar surface area (TPSA) is 148 Å². The van der Waals surface area contributed by atoms with Gasteiger partial charge in [-0.3, -0.25) is 4.79 Å². The van der Waals surface area contributed by atoms with Gasteiger partial charge in [0.05, 0.1) is 28.6 Å². The van der Waals surface area contributed by atoms with Gasteiger partial charge in [-0.05, 0) is 48.2 Å². The van der Waals surface area contributed by atoms with E-state index in [2.05, 4.69) is 4.98 Å². The van der Waals surface area contributed by atoms with Gasteiger partial charge >= 0.3 is 11.9 Å². The van der Waals surface area contributed by atoms with E-state index < -0.39 is 27.7 Å². The molecule has 1 aliphatic carbocycles. The van der Waals surface area contributed by atoms with Gasteiger partial charge in [-0.25, -0.2) is 23.0 Å². The molecule has 38 heavy (non-hydrogen) atoms. The van der Waals surface area contributed by atoms with E-state index in [0.717, 1.165) is 54.9 Å². The molecule has 11 heteroatoms. The standard InChI is InChI=1S/C27H27NO8S2/c1-38(34,35)21-8-6-17(7-9-21)22(10-16-4-2-3-5-16)23(29)14-24-28-15-25(37-24)36-20-12-18(26(30)31)11-19(13-20)27(32)33/h6-9,11-13,15-16,22H,2-5,10,14H2,1H3,(H,30,31)(H,32,33)/t22-/m1/s1. The van der Waals surface area contributed by atoms with E-state index in [0.29, 0.717) is 17.3 Å². The number of carboxylic acid groups (broad SMARTS) is 2. The van der Waals surface area contributed by atoms with Crippen LogP contribution in [0.15, 0.2) is 53.6 Å². The fourth-order valence-corrected chi connectivity index (χ4v) is 6.12. The van der Waals surface area contributed by atoms with Crippen LogP contribution in [-0.4, -0.2) is 47.6 Å². The van der Waals surface area contributed by atoms with Crippen molar-refractivity contribution in [2.45, 2.75) is 49.3 Å². The van der Waals surface area contributed by atoms with Crippen molar-refractivity contribution in [3.05, 3.63) is 70.4 Å². The van der Waals surface area contributed by atoms with Gasteiger partial charge in [-0.15, -0.1) is 0 Å². The molecule has 0 radical (unpaired) electrons. The van der Waals surface area contributed by atoms with Crippen LogP contribution in [0.3, 0.4) is 0 Å². The lowest BCUT2D eigenvalue weighted by Crippen LogP contribution is -2.18. The summed E-state index contributed by atoms with van der Waals surface area (Å²) in [5, 5.41) is 19.3. The first-order chi connectivity index (χ1) is 18.0. The number of nitrogens with zero attached hydrogens (tertiary/aromatic N) is 1. The van der Waals surface area contributed by atoms with Crippen LogP contribution in [-0.2, 0) is 21.1 Å². The molecular weight excluding hydrogens is 530 g/mol. The molecule has 0 unspecified atom stereocenters. The van der Waals surface area contributed by atoms with Gasteiger partial charge in [0.2, 0.25) is 5.06 Å². The van der Waals surface area contributed by atoms with Crippen LogP contribution in [0.2, 0.25) is 0 Å². The molecule has 1 heterocycles. The van der Waals surface area contributed by atoms with Crippen LogP contribution < -0.4 is 4.74 Å². The summed E-state index contributed by atoms with van der Waals surface area (Å²) in [6.07, 6.45) is 7.69. The first kappa shape index (κ1) is 27.5. The first-order valence-electron chi connectivity index (χ1n) is 12.1. The Labute approximate surface area is 224 Å². The lowest BCUT2D eigenvalue weighted by molar-refractivity contribution is -0.120. The van der Waals surface area contributed by atoms with E-state index in [9.17, 15) is 33.0 Å². The summed E-state index contributed by atoms with van der Waals surface area (Å²) >= 11 is 1.12. The smallest absolute Gasteiger partial charge is 0.335 e. The number of carbonyl (C=O) groups is 3. The highest BCUT2D eigenvalue weighted by molar-refractivity contribution is 7.90. The minimum atomic E-state index is -3.35. The molecule has 0 saturated heterocycles. The Bertz CT molecular complexity index is 1420. The molecule has 1 atom stereocenters. The molecule has 1 fully saturated rings. The van der Waals surface area contributed by atoms with Crippen LogP contribution >= 0.6 is 11.3 Å². The predicted octanol–water partition coefficient (Wildman–Crippen LogP) is 5.21. The Balaban J connectivity index is 1.52. The minimum Gasteiger partial charge on any atom is -0.478 e. The second kappa shape index (κ2) is 11.4. The number of Topliss-reactive ketones (excluding diaryl/α,β-unsaturated/α-hetero) is 1. The summed E-state index contributed by atoms with van der Waals surface area (Å²) in [6.45, 7) is 0. The predicted molar refractivity (Wildman–Crippen MR) is 140 cm³/mol. The quantitative estimate of drug-likeness (QED) is 0.324. The van der Waals surface area contributed by atoms with Crippen molar-refractivity contribution in [2.75, 3.05) is 6.26 Å². The number of ether oxygens (including phenoxy) is 1. The Morgan fingerprint density at radius 3 is 2.18 bits per heavy atom. The molecule has 0 bridgehead atoms. The van der Waals surface area contributed by atoms with Crippen molar-refractivity contribution >= 4 is 38.9 Å². The average Bonchev–Trinajstić information content (AvgIpc) is 3.54. The number of rotatable bonds is 11. The van der Waals surface area contributed by atoms with Gasteiger partial charge in [-0.2, -0.15) is 0 Å². The molecule has 4 rings (SSSR count). The second-order valence-corrected chi connectivity index (χ2v) is 12.5. The summed E-state index contributed by atoms with van der Waals surface area (Å²) in [5.74, 6) is -2.54. The zero-order valence-corrected chi connectivity index (χ0v) is 22.3. The van der Waals surface area contributed by atoms with E-state index in [1.807, 2.05) is 0 Å². The fourth-order valence-electron chi connectivity index (χ4n) is 4.70. The van der Waals surface area contributed by atoms with Crippen molar-refractivity contribution in [3.8, 4) is 10.8 Å². The summed E-state index contributed by atoms with van der Waals surface area (Å²) in [4.78, 5) is 40.7. The lowest BCUT2D eigenvalue weighted by Gasteiger charge is -2.20. The molecule has 1 aromatic heterocycles. The van der Waals surface area contributed by atoms with Crippen LogP contribution in [0.1, 0.15) is 69.3 Å². The molecule has 0 aliphatic heterocycles. The molecule has 0 amide bonds. The largest absolute Gasteiger partial charge is 0.478 e. The number of hydrogen-bond donors (Lipinski definition) is 2. The number of sulfone groups is 1. The van der Waals surface area contributed by atoms with E-state index >= 15 is 0 Å². The maximum Gasteiger partial charge on any atom is 0.335 e. The van der Waals surface area contributed by atoms with Gasteiger partial charge < -0.3 is 14.9 Å². The fraction of sp³-hybridized carbons (Fsp3) is 0.333. The molecule has 2 N–H and O–H groups in total. The SMILES string of the molecule is CS(=O)(=O)c1ccc([C@@H](CC2CCCC2)C(=O)Cc2ncc(Oc3cc(C(=O)O)cc(C(=O)O)c3)s2)cc1. The molecule has 2 aromatic carbocycles. The van der Waals surface area contributed by atoms with Crippen LogP contribution in [0.5, 0.6) is 10.8 Å². The van der Waals surface area contributed by atoms with E-state index in [1.165, 1.54) is 30.5 Å². The number of benzene rings is 2. The molecule has 9 nitrogen and oxygen atoms in total. The van der Waals surface area contributed by atoms with Gasteiger partial charge in [-0.1, -0.05) is 49.2 Å². The van der Waals surface area contributed by atoms with Crippen molar-refractivity contribution < 1.29 is 37.8 Å². The normalized spacial score (nSPS) is 14.8. The Kier molecular flexibility index (Phi) is 8.27. The van der Waals surface area contributed by atoms with Crippen molar-refractivity contribution in [1.82, 2.24) is 4.98 Å². The van der Waals surface area contributed by atoms with Gasteiger partial charge in [0, 0.05) is 12.2 Å². The monoisotopic (exact) mass is 557 g/mol. The van der Waals surface area contributed by atoms with E-state index in [-0.39, 0.29) is 39.0 Å². The number of thiazole rings is 1. The van der Waals surface area contributed by atoms with Gasteiger partial charge in [0.25, 0.3) is 0 Å². The lowest BCUT2D eigenvalue weighted by atomic mass is 9.84. The molecule has 200 valence electrons. The van der Waals surface area contributed by atoms with Gasteiger partial charge in [0.1, 0.15) is 16.5 Å².